The van der Waals surface area contributed by atoms with Crippen molar-refractivity contribution < 1.29 is 27.6 Å². The quantitative estimate of drug-likeness (QED) is 0.513. The highest BCUT2D eigenvalue weighted by atomic mass is 19.4. The van der Waals surface area contributed by atoms with Crippen LogP contribution in [0.2, 0.25) is 0 Å². The van der Waals surface area contributed by atoms with Gasteiger partial charge in [-0.2, -0.15) is 13.2 Å². The maximum Gasteiger partial charge on any atom is 0.416 e. The molecule has 3 N–H and O–H groups in total. The third-order valence-electron chi connectivity index (χ3n) is 5.42. The van der Waals surface area contributed by atoms with Crippen LogP contribution in [0.25, 0.3) is 11.1 Å². The second-order valence-electron chi connectivity index (χ2n) is 7.48. The highest BCUT2D eigenvalue weighted by Gasteiger charge is 2.48. The van der Waals surface area contributed by atoms with Crippen molar-refractivity contribution in [2.45, 2.75) is 11.7 Å². The Labute approximate surface area is 186 Å². The number of alkyl halides is 3. The summed E-state index contributed by atoms with van der Waals surface area (Å²) in [4.78, 5) is 37.5. The first-order chi connectivity index (χ1) is 15.7. The number of hydrogen-bond acceptors (Lipinski definition) is 3. The average Bonchev–Trinajstić information content (AvgIpc) is 3.11. The van der Waals surface area contributed by atoms with Crippen LogP contribution in [0.3, 0.4) is 0 Å². The average molecular weight is 453 g/mol. The number of hydrogen-bond donors (Lipinski definition) is 3. The van der Waals surface area contributed by atoms with Gasteiger partial charge in [-0.25, -0.2) is 4.79 Å². The SMILES string of the molecule is O=C1NC(=O)[C@](CNC(=O)c2ccccc2-c2ccc(C(F)(F)F)cc2)(c2ccccc2)N1. The van der Waals surface area contributed by atoms with Crippen molar-refractivity contribution in [2.24, 2.45) is 0 Å². The van der Waals surface area contributed by atoms with Gasteiger partial charge in [-0.3, -0.25) is 14.9 Å². The molecule has 0 spiro atoms. The van der Waals surface area contributed by atoms with Gasteiger partial charge in [0.2, 0.25) is 0 Å². The van der Waals surface area contributed by atoms with Gasteiger partial charge in [0, 0.05) is 5.56 Å². The number of nitrogens with one attached hydrogen (secondary N) is 3. The molecular formula is C24H18F3N3O3. The summed E-state index contributed by atoms with van der Waals surface area (Å²) in [6.45, 7) is -0.227. The molecule has 168 valence electrons. The molecule has 0 bridgehead atoms. The fraction of sp³-hybridized carbons (Fsp3) is 0.125. The minimum absolute atomic E-state index is 0.213. The Morgan fingerprint density at radius 3 is 2.12 bits per heavy atom. The number of imide groups is 1. The number of urea groups is 1. The lowest BCUT2D eigenvalue weighted by Crippen LogP contribution is -2.52. The molecule has 0 aromatic heterocycles. The van der Waals surface area contributed by atoms with E-state index in [1.807, 2.05) is 0 Å². The Kier molecular flexibility index (Phi) is 5.63. The largest absolute Gasteiger partial charge is 0.416 e. The monoisotopic (exact) mass is 453 g/mol. The second-order valence-corrected chi connectivity index (χ2v) is 7.48. The molecule has 1 fully saturated rings. The zero-order chi connectivity index (χ0) is 23.6. The Balaban J connectivity index is 1.61. The van der Waals surface area contributed by atoms with Crippen LogP contribution in [-0.4, -0.2) is 24.4 Å². The van der Waals surface area contributed by atoms with Crippen molar-refractivity contribution in [3.05, 3.63) is 95.6 Å². The second kappa shape index (κ2) is 8.42. The number of rotatable bonds is 5. The van der Waals surface area contributed by atoms with Gasteiger partial charge in [-0.15, -0.1) is 0 Å². The molecule has 0 saturated carbocycles. The maximum atomic E-state index is 13.0. The molecule has 1 aliphatic heterocycles. The Morgan fingerprint density at radius 1 is 0.879 bits per heavy atom. The van der Waals surface area contributed by atoms with Gasteiger partial charge >= 0.3 is 12.2 Å². The number of halogens is 3. The molecule has 1 atom stereocenters. The molecule has 3 aromatic carbocycles. The number of carbonyl (C=O) groups excluding carboxylic acids is 3. The summed E-state index contributed by atoms with van der Waals surface area (Å²) in [5.41, 5.74) is -0.719. The summed E-state index contributed by atoms with van der Waals surface area (Å²) in [5.74, 6) is -1.15. The van der Waals surface area contributed by atoms with Gasteiger partial charge in [0.25, 0.3) is 11.8 Å². The molecular weight excluding hydrogens is 435 g/mol. The molecule has 0 aliphatic carbocycles. The standard InChI is InChI=1S/C24H18F3N3O3/c25-24(26,27)17-12-10-15(11-13-17)18-8-4-5-9-19(18)20(31)28-14-23(16-6-2-1-3-7-16)21(32)29-22(33)30-23/h1-13H,14H2,(H,28,31)(H2,29,30,32,33)/t23-/m0/s1. The third kappa shape index (κ3) is 4.30. The zero-order valence-corrected chi connectivity index (χ0v) is 17.1. The van der Waals surface area contributed by atoms with Crippen molar-refractivity contribution in [1.29, 1.82) is 0 Å². The Hall–Kier alpha value is -4.14. The Morgan fingerprint density at radius 2 is 1.52 bits per heavy atom. The maximum absolute atomic E-state index is 13.0. The third-order valence-corrected chi connectivity index (χ3v) is 5.42. The molecule has 4 amide bonds. The lowest BCUT2D eigenvalue weighted by molar-refractivity contribution is -0.137. The van der Waals surface area contributed by atoms with Crippen LogP contribution in [-0.2, 0) is 16.5 Å². The Bertz CT molecular complexity index is 1210. The first-order valence-electron chi connectivity index (χ1n) is 9.95. The summed E-state index contributed by atoms with van der Waals surface area (Å²) in [6, 6.07) is 18.7. The van der Waals surface area contributed by atoms with Gasteiger partial charge in [-0.1, -0.05) is 60.7 Å². The number of benzene rings is 3. The summed E-state index contributed by atoms with van der Waals surface area (Å²) < 4.78 is 38.7. The van der Waals surface area contributed by atoms with E-state index in [-0.39, 0.29) is 12.1 Å². The summed E-state index contributed by atoms with van der Waals surface area (Å²) in [6.07, 6.45) is -4.46. The van der Waals surface area contributed by atoms with Gasteiger partial charge in [0.15, 0.2) is 5.54 Å². The molecule has 4 rings (SSSR count). The minimum atomic E-state index is -4.46. The van der Waals surface area contributed by atoms with Gasteiger partial charge in [0.1, 0.15) is 0 Å². The molecule has 3 aromatic rings. The van der Waals surface area contributed by atoms with Crippen molar-refractivity contribution in [3.63, 3.8) is 0 Å². The van der Waals surface area contributed by atoms with E-state index in [4.69, 9.17) is 0 Å². The van der Waals surface area contributed by atoms with E-state index < -0.39 is 35.1 Å². The highest BCUT2D eigenvalue weighted by molar-refractivity contribution is 6.08. The molecule has 9 heteroatoms. The van der Waals surface area contributed by atoms with Crippen LogP contribution in [0.4, 0.5) is 18.0 Å². The van der Waals surface area contributed by atoms with Crippen molar-refractivity contribution >= 4 is 17.8 Å². The lowest BCUT2D eigenvalue weighted by Gasteiger charge is -2.27. The molecule has 1 saturated heterocycles. The smallest absolute Gasteiger partial charge is 0.349 e. The fourth-order valence-electron chi connectivity index (χ4n) is 3.72. The lowest BCUT2D eigenvalue weighted by atomic mass is 9.89. The van der Waals surface area contributed by atoms with E-state index in [2.05, 4.69) is 16.0 Å². The summed E-state index contributed by atoms with van der Waals surface area (Å²) in [7, 11) is 0. The summed E-state index contributed by atoms with van der Waals surface area (Å²) in [5, 5.41) is 7.46. The van der Waals surface area contributed by atoms with E-state index >= 15 is 0 Å². The first-order valence-corrected chi connectivity index (χ1v) is 9.95. The summed E-state index contributed by atoms with van der Waals surface area (Å²) >= 11 is 0. The van der Waals surface area contributed by atoms with Crippen LogP contribution in [0.15, 0.2) is 78.9 Å². The number of amides is 4. The molecule has 1 aliphatic rings. The van der Waals surface area contributed by atoms with Crippen LogP contribution in [0, 0.1) is 0 Å². The van der Waals surface area contributed by atoms with Gasteiger partial charge in [0.05, 0.1) is 12.1 Å². The van der Waals surface area contributed by atoms with Crippen LogP contribution in [0.1, 0.15) is 21.5 Å². The molecule has 33 heavy (non-hydrogen) atoms. The predicted octanol–water partition coefficient (Wildman–Crippen LogP) is 3.84. The zero-order valence-electron chi connectivity index (χ0n) is 17.1. The molecule has 0 radical (unpaired) electrons. The number of carbonyl (C=O) groups is 3. The van der Waals surface area contributed by atoms with E-state index in [0.29, 0.717) is 16.7 Å². The van der Waals surface area contributed by atoms with Crippen molar-refractivity contribution in [1.82, 2.24) is 16.0 Å². The van der Waals surface area contributed by atoms with E-state index in [1.54, 1.807) is 48.5 Å². The van der Waals surface area contributed by atoms with Gasteiger partial charge in [-0.05, 0) is 34.9 Å². The molecule has 1 heterocycles. The van der Waals surface area contributed by atoms with Crippen LogP contribution in [0.5, 0.6) is 0 Å². The van der Waals surface area contributed by atoms with Crippen molar-refractivity contribution in [3.8, 4) is 11.1 Å². The van der Waals surface area contributed by atoms with E-state index in [0.717, 1.165) is 12.1 Å². The molecule has 6 nitrogen and oxygen atoms in total. The normalized spacial score (nSPS) is 17.9. The first kappa shape index (κ1) is 22.1. The highest BCUT2D eigenvalue weighted by Crippen LogP contribution is 2.32. The van der Waals surface area contributed by atoms with E-state index in [1.165, 1.54) is 18.2 Å². The minimum Gasteiger partial charge on any atom is -0.349 e. The van der Waals surface area contributed by atoms with Crippen LogP contribution >= 0.6 is 0 Å². The van der Waals surface area contributed by atoms with Crippen LogP contribution < -0.4 is 16.0 Å². The van der Waals surface area contributed by atoms with Crippen molar-refractivity contribution in [2.75, 3.05) is 6.54 Å². The predicted molar refractivity (Wildman–Crippen MR) is 114 cm³/mol. The molecule has 0 unspecified atom stereocenters. The van der Waals surface area contributed by atoms with Gasteiger partial charge < -0.3 is 10.6 Å². The van der Waals surface area contributed by atoms with E-state index in [9.17, 15) is 27.6 Å². The fourth-order valence-corrected chi connectivity index (χ4v) is 3.72. The topological polar surface area (TPSA) is 87.3 Å².